The summed E-state index contributed by atoms with van der Waals surface area (Å²) in [6.45, 7) is 0. The third kappa shape index (κ3) is 2.29. The van der Waals surface area contributed by atoms with Gasteiger partial charge in [0.05, 0.1) is 0 Å². The Morgan fingerprint density at radius 2 is 2.42 bits per heavy atom. The van der Waals surface area contributed by atoms with Crippen LogP contribution in [0.25, 0.3) is 0 Å². The monoisotopic (exact) mass is 177 g/mol. The summed E-state index contributed by atoms with van der Waals surface area (Å²) in [5.74, 6) is 0. The number of aromatic nitrogens is 1. The molecule has 0 saturated heterocycles. The highest BCUT2D eigenvalue weighted by molar-refractivity contribution is 7.77. The van der Waals surface area contributed by atoms with Crippen molar-refractivity contribution >= 4 is 17.7 Å². The van der Waals surface area contributed by atoms with Gasteiger partial charge >= 0.3 is 0 Å². The first-order chi connectivity index (χ1) is 5.72. The van der Waals surface area contributed by atoms with Gasteiger partial charge < -0.3 is 17.4 Å². The van der Waals surface area contributed by atoms with Crippen LogP contribution in [0.3, 0.4) is 0 Å². The van der Waals surface area contributed by atoms with E-state index >= 15 is 0 Å². The summed E-state index contributed by atoms with van der Waals surface area (Å²) in [6, 6.07) is 6.82. The second-order valence-corrected chi connectivity index (χ2v) is 2.63. The molecule has 4 heteroatoms. The summed E-state index contributed by atoms with van der Waals surface area (Å²) in [4.78, 5) is 14.4. The molecule has 0 fully saturated rings. The molecule has 0 aliphatic rings. The SMILES string of the molecule is N#Cc1cccc(CC(=O)[S-])n1. The molecule has 1 aromatic heterocycles. The Hall–Kier alpha value is -1.47. The number of hydrogen-bond donors (Lipinski definition) is 0. The molecule has 0 saturated carbocycles. The lowest BCUT2D eigenvalue weighted by molar-refractivity contribution is -0.110. The van der Waals surface area contributed by atoms with Crippen LogP contribution in [0.4, 0.5) is 0 Å². The lowest BCUT2D eigenvalue weighted by atomic mass is 10.2. The zero-order valence-electron chi connectivity index (χ0n) is 6.15. The second-order valence-electron chi connectivity index (χ2n) is 2.17. The van der Waals surface area contributed by atoms with E-state index in [-0.39, 0.29) is 11.5 Å². The van der Waals surface area contributed by atoms with Crippen LogP contribution in [0, 0.1) is 11.3 Å². The van der Waals surface area contributed by atoms with E-state index < -0.39 is 0 Å². The van der Waals surface area contributed by atoms with E-state index in [4.69, 9.17) is 5.26 Å². The van der Waals surface area contributed by atoms with Gasteiger partial charge in [-0.3, -0.25) is 0 Å². The predicted octanol–water partition coefficient (Wildman–Crippen LogP) is 0.569. The van der Waals surface area contributed by atoms with Gasteiger partial charge in [-0.1, -0.05) is 6.07 Å². The predicted molar refractivity (Wildman–Crippen MR) is 45.0 cm³/mol. The van der Waals surface area contributed by atoms with Gasteiger partial charge in [0.2, 0.25) is 0 Å². The van der Waals surface area contributed by atoms with E-state index in [0.29, 0.717) is 11.4 Å². The van der Waals surface area contributed by atoms with Crippen molar-refractivity contribution in [3.63, 3.8) is 0 Å². The van der Waals surface area contributed by atoms with Gasteiger partial charge in [-0.05, 0) is 12.1 Å². The summed E-state index contributed by atoms with van der Waals surface area (Å²) < 4.78 is 0. The zero-order chi connectivity index (χ0) is 8.97. The summed E-state index contributed by atoms with van der Waals surface area (Å²) >= 11 is 4.38. The Labute approximate surface area is 75.5 Å². The average Bonchev–Trinajstić information content (AvgIpc) is 2.03. The first-order valence-corrected chi connectivity index (χ1v) is 3.69. The standard InChI is InChI=1S/C8H6N2OS/c9-5-7-3-1-2-6(10-7)4-8(11)12/h1-3H,4H2,(H,11,12)/p-1. The van der Waals surface area contributed by atoms with Crippen molar-refractivity contribution in [1.82, 2.24) is 4.98 Å². The van der Waals surface area contributed by atoms with E-state index in [0.717, 1.165) is 0 Å². The largest absolute Gasteiger partial charge is 0.742 e. The maximum atomic E-state index is 10.5. The number of pyridine rings is 1. The van der Waals surface area contributed by atoms with Gasteiger partial charge in [0, 0.05) is 17.2 Å². The van der Waals surface area contributed by atoms with Crippen molar-refractivity contribution in [1.29, 1.82) is 5.26 Å². The molecule has 0 unspecified atom stereocenters. The highest BCUT2D eigenvalue weighted by Gasteiger charge is 1.95. The molecule has 0 aliphatic heterocycles. The fourth-order valence-electron chi connectivity index (χ4n) is 0.788. The Morgan fingerprint density at radius 3 is 3.00 bits per heavy atom. The summed E-state index contributed by atoms with van der Waals surface area (Å²) in [6.07, 6.45) is 0.116. The Bertz CT molecular complexity index is 343. The minimum absolute atomic E-state index is 0.116. The molecule has 0 spiro atoms. The number of nitrogens with zero attached hydrogens (tertiary/aromatic N) is 2. The zero-order valence-corrected chi connectivity index (χ0v) is 6.97. The fourth-order valence-corrected chi connectivity index (χ4v) is 0.936. The van der Waals surface area contributed by atoms with Crippen LogP contribution < -0.4 is 0 Å². The average molecular weight is 177 g/mol. The Kier molecular flexibility index (Phi) is 2.72. The van der Waals surface area contributed by atoms with Gasteiger partial charge in [0.15, 0.2) is 0 Å². The molecule has 0 atom stereocenters. The molecule has 0 aromatic carbocycles. The van der Waals surface area contributed by atoms with Crippen molar-refractivity contribution < 1.29 is 4.79 Å². The van der Waals surface area contributed by atoms with Gasteiger partial charge in [0.25, 0.3) is 0 Å². The molecule has 1 aromatic rings. The van der Waals surface area contributed by atoms with E-state index in [2.05, 4.69) is 17.6 Å². The number of carbonyl (C=O) groups excluding carboxylic acids is 1. The van der Waals surface area contributed by atoms with Crippen LogP contribution in [-0.2, 0) is 23.8 Å². The van der Waals surface area contributed by atoms with Crippen LogP contribution in [0.5, 0.6) is 0 Å². The molecule has 3 nitrogen and oxygen atoms in total. The van der Waals surface area contributed by atoms with Crippen LogP contribution in [0.2, 0.25) is 0 Å². The van der Waals surface area contributed by atoms with Gasteiger partial charge in [-0.2, -0.15) is 5.26 Å². The molecule has 0 bridgehead atoms. The molecule has 0 aliphatic carbocycles. The number of rotatable bonds is 2. The highest BCUT2D eigenvalue weighted by atomic mass is 32.1. The summed E-state index contributed by atoms with van der Waals surface area (Å²) in [7, 11) is 0. The molecule has 0 amide bonds. The van der Waals surface area contributed by atoms with Crippen molar-refractivity contribution in [3.8, 4) is 6.07 Å². The van der Waals surface area contributed by atoms with Crippen molar-refractivity contribution in [3.05, 3.63) is 29.6 Å². The van der Waals surface area contributed by atoms with Crippen LogP contribution in [0.15, 0.2) is 18.2 Å². The van der Waals surface area contributed by atoms with Crippen molar-refractivity contribution in [2.75, 3.05) is 0 Å². The van der Waals surface area contributed by atoms with E-state index in [1.54, 1.807) is 18.2 Å². The smallest absolute Gasteiger partial charge is 0.140 e. The molecular formula is C8H5N2OS-. The number of nitriles is 1. The first kappa shape index (κ1) is 8.62. The van der Waals surface area contributed by atoms with Crippen molar-refractivity contribution in [2.24, 2.45) is 0 Å². The van der Waals surface area contributed by atoms with E-state index in [1.165, 1.54) is 0 Å². The Morgan fingerprint density at radius 1 is 1.67 bits per heavy atom. The molecular weight excluding hydrogens is 172 g/mol. The topological polar surface area (TPSA) is 53.8 Å². The number of carbonyl (C=O) groups is 1. The highest BCUT2D eigenvalue weighted by Crippen LogP contribution is 1.99. The van der Waals surface area contributed by atoms with E-state index in [9.17, 15) is 4.79 Å². The molecule has 1 rings (SSSR count). The molecule has 12 heavy (non-hydrogen) atoms. The third-order valence-corrected chi connectivity index (χ3v) is 1.39. The second kappa shape index (κ2) is 3.79. The number of hydrogen-bond acceptors (Lipinski definition) is 4. The van der Waals surface area contributed by atoms with Crippen LogP contribution >= 0.6 is 0 Å². The lowest BCUT2D eigenvalue weighted by Crippen LogP contribution is -2.00. The quantitative estimate of drug-likeness (QED) is 0.620. The third-order valence-electron chi connectivity index (χ3n) is 1.25. The van der Waals surface area contributed by atoms with Gasteiger partial charge in [-0.25, -0.2) is 4.98 Å². The Balaban J connectivity index is 2.88. The molecule has 0 N–H and O–H groups in total. The van der Waals surface area contributed by atoms with Crippen molar-refractivity contribution in [2.45, 2.75) is 6.42 Å². The van der Waals surface area contributed by atoms with Crippen LogP contribution in [-0.4, -0.2) is 10.1 Å². The summed E-state index contributed by atoms with van der Waals surface area (Å²) in [5, 5.41) is 8.11. The molecule has 1 heterocycles. The maximum absolute atomic E-state index is 10.5. The minimum Gasteiger partial charge on any atom is -0.742 e. The molecule has 60 valence electrons. The minimum atomic E-state index is -0.363. The van der Waals surface area contributed by atoms with E-state index in [1.807, 2.05) is 6.07 Å². The van der Waals surface area contributed by atoms with Gasteiger partial charge in [-0.15, -0.1) is 0 Å². The molecule has 0 radical (unpaired) electrons. The van der Waals surface area contributed by atoms with Gasteiger partial charge in [0.1, 0.15) is 11.8 Å². The normalized spacial score (nSPS) is 8.92. The lowest BCUT2D eigenvalue weighted by Gasteiger charge is -2.01. The summed E-state index contributed by atoms with van der Waals surface area (Å²) in [5.41, 5.74) is 0.859. The maximum Gasteiger partial charge on any atom is 0.140 e. The van der Waals surface area contributed by atoms with Crippen LogP contribution in [0.1, 0.15) is 11.4 Å². The fraction of sp³-hybridized carbons (Fsp3) is 0.125. The first-order valence-electron chi connectivity index (χ1n) is 3.28.